The minimum Gasteiger partial charge on any atom is -0.486 e. The number of benzene rings is 1. The molecule has 7 heteroatoms. The molecule has 0 amide bonds. The van der Waals surface area contributed by atoms with E-state index in [4.69, 9.17) is 18.9 Å². The molecule has 0 aliphatic carbocycles. The predicted octanol–water partition coefficient (Wildman–Crippen LogP) is 3.12. The summed E-state index contributed by atoms with van der Waals surface area (Å²) in [5.74, 6) is 0.279. The van der Waals surface area contributed by atoms with Gasteiger partial charge in [0.05, 0.1) is 18.2 Å². The molecular formula is C21H25NO6. The first kappa shape index (κ1) is 19.9. The number of rotatable bonds is 7. The summed E-state index contributed by atoms with van der Waals surface area (Å²) in [5, 5.41) is 0. The lowest BCUT2D eigenvalue weighted by Gasteiger charge is -2.18. The number of carbonyl (C=O) groups is 2. The van der Waals surface area contributed by atoms with Gasteiger partial charge >= 0.3 is 5.97 Å². The quantitative estimate of drug-likeness (QED) is 0.537. The molecule has 0 N–H and O–H groups in total. The molecule has 0 unspecified atom stereocenters. The number of ether oxygens (including phenoxy) is 4. The van der Waals surface area contributed by atoms with Crippen LogP contribution in [0.4, 0.5) is 0 Å². The van der Waals surface area contributed by atoms with Crippen molar-refractivity contribution in [2.75, 3.05) is 33.5 Å². The lowest BCUT2D eigenvalue weighted by atomic mass is 10.1. The van der Waals surface area contributed by atoms with E-state index < -0.39 is 5.97 Å². The Kier molecular flexibility index (Phi) is 6.04. The fourth-order valence-corrected chi connectivity index (χ4v) is 3.52. The molecule has 2 heterocycles. The van der Waals surface area contributed by atoms with Crippen molar-refractivity contribution < 1.29 is 28.5 Å². The number of aryl methyl sites for hydroxylation is 1. The van der Waals surface area contributed by atoms with E-state index in [1.54, 1.807) is 25.3 Å². The van der Waals surface area contributed by atoms with Crippen molar-refractivity contribution in [3.05, 3.63) is 46.8 Å². The molecule has 1 aromatic heterocycles. The molecule has 1 aromatic carbocycles. The first-order valence-corrected chi connectivity index (χ1v) is 9.19. The van der Waals surface area contributed by atoms with Crippen LogP contribution < -0.4 is 9.47 Å². The van der Waals surface area contributed by atoms with Gasteiger partial charge in [0.25, 0.3) is 0 Å². The number of aromatic nitrogens is 1. The minimum absolute atomic E-state index is 0.104. The fourth-order valence-electron chi connectivity index (χ4n) is 3.52. The van der Waals surface area contributed by atoms with Crippen LogP contribution in [0.1, 0.15) is 45.1 Å². The third-order valence-electron chi connectivity index (χ3n) is 4.75. The van der Waals surface area contributed by atoms with E-state index in [0.29, 0.717) is 42.4 Å². The van der Waals surface area contributed by atoms with Gasteiger partial charge in [-0.05, 0) is 45.0 Å². The van der Waals surface area contributed by atoms with Gasteiger partial charge in [-0.2, -0.15) is 0 Å². The number of fused-ring (bicyclic) bond motifs is 1. The van der Waals surface area contributed by atoms with Gasteiger partial charge in [-0.25, -0.2) is 4.79 Å². The number of carbonyl (C=O) groups excluding carboxylic acids is 2. The van der Waals surface area contributed by atoms with E-state index >= 15 is 0 Å². The van der Waals surface area contributed by atoms with E-state index in [1.165, 1.54) is 0 Å². The van der Waals surface area contributed by atoms with Crippen LogP contribution in [0.25, 0.3) is 0 Å². The van der Waals surface area contributed by atoms with Gasteiger partial charge in [-0.15, -0.1) is 0 Å². The smallest absolute Gasteiger partial charge is 0.338 e. The SMILES string of the molecule is COC[C@@H](C)n1c(C)cc(C(=O)COC(=O)c2ccc3c(c2)OCCO3)c1C. The number of ketones is 1. The highest BCUT2D eigenvalue weighted by atomic mass is 16.6. The third kappa shape index (κ3) is 4.04. The molecule has 3 rings (SSSR count). The van der Waals surface area contributed by atoms with Crippen LogP contribution in [-0.4, -0.2) is 49.9 Å². The number of methoxy groups -OCH3 is 1. The molecule has 150 valence electrons. The second-order valence-electron chi connectivity index (χ2n) is 6.82. The molecule has 0 saturated carbocycles. The van der Waals surface area contributed by atoms with Gasteiger partial charge in [0.2, 0.25) is 5.78 Å². The number of Topliss-reactive ketones (excluding diaryl/α,β-unsaturated/α-hetero) is 1. The van der Waals surface area contributed by atoms with Crippen molar-refractivity contribution in [2.24, 2.45) is 0 Å². The first-order chi connectivity index (χ1) is 13.4. The molecule has 7 nitrogen and oxygen atoms in total. The van der Waals surface area contributed by atoms with Crippen molar-refractivity contribution >= 4 is 11.8 Å². The Morgan fingerprint density at radius 2 is 1.86 bits per heavy atom. The highest BCUT2D eigenvalue weighted by Gasteiger charge is 2.21. The topological polar surface area (TPSA) is 76.0 Å². The summed E-state index contributed by atoms with van der Waals surface area (Å²) in [6.07, 6.45) is 0. The zero-order valence-electron chi connectivity index (χ0n) is 16.6. The lowest BCUT2D eigenvalue weighted by Crippen LogP contribution is -2.18. The summed E-state index contributed by atoms with van der Waals surface area (Å²) in [6, 6.07) is 6.75. The second-order valence-corrected chi connectivity index (χ2v) is 6.82. The van der Waals surface area contributed by atoms with Crippen molar-refractivity contribution in [3.63, 3.8) is 0 Å². The molecule has 1 aliphatic heterocycles. The van der Waals surface area contributed by atoms with E-state index in [-0.39, 0.29) is 18.4 Å². The maximum absolute atomic E-state index is 12.6. The predicted molar refractivity (Wildman–Crippen MR) is 103 cm³/mol. The van der Waals surface area contributed by atoms with Crippen molar-refractivity contribution in [1.29, 1.82) is 0 Å². The molecule has 1 atom stereocenters. The Labute approximate surface area is 164 Å². The Balaban J connectivity index is 1.67. The van der Waals surface area contributed by atoms with E-state index in [2.05, 4.69) is 4.57 Å². The summed E-state index contributed by atoms with van der Waals surface area (Å²) in [5.41, 5.74) is 2.66. The highest BCUT2D eigenvalue weighted by molar-refractivity contribution is 6.00. The molecule has 1 aliphatic rings. The summed E-state index contributed by atoms with van der Waals surface area (Å²) in [7, 11) is 1.65. The summed E-state index contributed by atoms with van der Waals surface area (Å²) in [4.78, 5) is 24.9. The molecule has 0 bridgehead atoms. The molecule has 28 heavy (non-hydrogen) atoms. The molecule has 0 saturated heterocycles. The molecule has 0 spiro atoms. The largest absolute Gasteiger partial charge is 0.486 e. The average molecular weight is 387 g/mol. The summed E-state index contributed by atoms with van der Waals surface area (Å²) < 4.78 is 23.4. The van der Waals surface area contributed by atoms with E-state index in [9.17, 15) is 9.59 Å². The minimum atomic E-state index is -0.577. The molecule has 2 aromatic rings. The van der Waals surface area contributed by atoms with Crippen LogP contribution in [-0.2, 0) is 9.47 Å². The van der Waals surface area contributed by atoms with Gasteiger partial charge in [0.1, 0.15) is 13.2 Å². The maximum atomic E-state index is 12.6. The van der Waals surface area contributed by atoms with Gasteiger partial charge < -0.3 is 23.5 Å². The van der Waals surface area contributed by atoms with Crippen molar-refractivity contribution in [2.45, 2.75) is 26.8 Å². The van der Waals surface area contributed by atoms with Crippen molar-refractivity contribution in [1.82, 2.24) is 4.57 Å². The standard InChI is InChI=1S/C21H25NO6/c1-13-9-17(15(3)22(13)14(2)11-25-4)18(23)12-28-21(24)16-5-6-19-20(10-16)27-8-7-26-19/h5-6,9-10,14H,7-8,11-12H2,1-4H3/t14-/m1/s1. The van der Waals surface area contributed by atoms with Crippen LogP contribution in [0.15, 0.2) is 24.3 Å². The van der Waals surface area contributed by atoms with Gasteiger partial charge in [-0.3, -0.25) is 4.79 Å². The van der Waals surface area contributed by atoms with Crippen LogP contribution in [0.5, 0.6) is 11.5 Å². The summed E-state index contributed by atoms with van der Waals surface area (Å²) in [6.45, 7) is 6.99. The van der Waals surface area contributed by atoms with E-state index in [1.807, 2.05) is 26.8 Å². The Morgan fingerprint density at radius 1 is 1.14 bits per heavy atom. The van der Waals surface area contributed by atoms with E-state index in [0.717, 1.165) is 11.4 Å². The highest BCUT2D eigenvalue weighted by Crippen LogP contribution is 2.31. The normalized spacial score (nSPS) is 13.9. The Bertz CT molecular complexity index is 885. The zero-order valence-corrected chi connectivity index (χ0v) is 16.6. The monoisotopic (exact) mass is 387 g/mol. The van der Waals surface area contributed by atoms with Crippen molar-refractivity contribution in [3.8, 4) is 11.5 Å². The van der Waals surface area contributed by atoms with Crippen LogP contribution in [0.3, 0.4) is 0 Å². The first-order valence-electron chi connectivity index (χ1n) is 9.19. The number of hydrogen-bond acceptors (Lipinski definition) is 6. The van der Waals surface area contributed by atoms with Crippen LogP contribution in [0, 0.1) is 13.8 Å². The molecule has 0 fully saturated rings. The van der Waals surface area contributed by atoms with Gasteiger partial charge in [0.15, 0.2) is 18.1 Å². The number of hydrogen-bond donors (Lipinski definition) is 0. The maximum Gasteiger partial charge on any atom is 0.338 e. The third-order valence-corrected chi connectivity index (χ3v) is 4.75. The Morgan fingerprint density at radius 3 is 2.57 bits per heavy atom. The van der Waals surface area contributed by atoms with Gasteiger partial charge in [-0.1, -0.05) is 0 Å². The average Bonchev–Trinajstić information content (AvgIpc) is 2.99. The lowest BCUT2D eigenvalue weighted by molar-refractivity contribution is 0.0473. The van der Waals surface area contributed by atoms with Gasteiger partial charge in [0, 0.05) is 24.1 Å². The second kappa shape index (κ2) is 8.48. The Hall–Kier alpha value is -2.80. The molecular weight excluding hydrogens is 362 g/mol. The van der Waals surface area contributed by atoms with Crippen LogP contribution in [0.2, 0.25) is 0 Å². The van der Waals surface area contributed by atoms with Crippen LogP contribution >= 0.6 is 0 Å². The zero-order chi connectivity index (χ0) is 20.3. The number of nitrogens with zero attached hydrogens (tertiary/aromatic N) is 1. The summed E-state index contributed by atoms with van der Waals surface area (Å²) >= 11 is 0. The fraction of sp³-hybridized carbons (Fsp3) is 0.429. The molecule has 0 radical (unpaired) electrons. The number of esters is 1.